The zero-order valence-corrected chi connectivity index (χ0v) is 20.2. The first kappa shape index (κ1) is 21.9. The number of furan rings is 1. The summed E-state index contributed by atoms with van der Waals surface area (Å²) in [4.78, 5) is 18.4. The van der Waals surface area contributed by atoms with E-state index in [2.05, 4.69) is 35.6 Å². The molecule has 0 saturated carbocycles. The molecule has 7 heteroatoms. The molecular formula is C29H24N4O3. The van der Waals surface area contributed by atoms with Crippen molar-refractivity contribution in [1.82, 2.24) is 14.2 Å². The van der Waals surface area contributed by atoms with Crippen LogP contribution in [0.3, 0.4) is 0 Å². The molecule has 6 aromatic rings. The molecule has 7 nitrogen and oxygen atoms in total. The first-order chi connectivity index (χ1) is 17.6. The van der Waals surface area contributed by atoms with E-state index < -0.39 is 0 Å². The van der Waals surface area contributed by atoms with Crippen LogP contribution >= 0.6 is 0 Å². The lowest BCUT2D eigenvalue weighted by molar-refractivity contribution is 0.419. The molecule has 0 aliphatic carbocycles. The molecular weight excluding hydrogens is 452 g/mol. The highest BCUT2D eigenvalue weighted by molar-refractivity contribution is 6.01. The van der Waals surface area contributed by atoms with Crippen LogP contribution < -0.4 is 10.3 Å². The second-order valence-corrected chi connectivity index (χ2v) is 8.56. The summed E-state index contributed by atoms with van der Waals surface area (Å²) in [7, 11) is 1.62. The van der Waals surface area contributed by atoms with E-state index in [1.165, 1.54) is 4.68 Å². The van der Waals surface area contributed by atoms with Crippen molar-refractivity contribution in [2.75, 3.05) is 7.11 Å². The number of para-hydroxylation sites is 2. The fraction of sp³-hybridized carbons (Fsp3) is 0.138. The van der Waals surface area contributed by atoms with Gasteiger partial charge in [0.2, 0.25) is 5.82 Å². The molecule has 0 fully saturated rings. The molecule has 0 aliphatic rings. The Hall–Kier alpha value is -4.65. The van der Waals surface area contributed by atoms with E-state index in [4.69, 9.17) is 14.1 Å². The third-order valence-electron chi connectivity index (χ3n) is 6.61. The maximum Gasteiger partial charge on any atom is 0.282 e. The lowest BCUT2D eigenvalue weighted by Crippen LogP contribution is -2.20. The number of rotatable bonds is 5. The minimum Gasteiger partial charge on any atom is -0.496 e. The van der Waals surface area contributed by atoms with E-state index in [9.17, 15) is 4.79 Å². The Kier molecular flexibility index (Phi) is 5.18. The summed E-state index contributed by atoms with van der Waals surface area (Å²) >= 11 is 0. The van der Waals surface area contributed by atoms with Crippen molar-refractivity contribution in [1.29, 1.82) is 0 Å². The van der Waals surface area contributed by atoms with Crippen molar-refractivity contribution in [2.45, 2.75) is 20.4 Å². The van der Waals surface area contributed by atoms with Crippen molar-refractivity contribution in [2.24, 2.45) is 5.10 Å². The Bertz CT molecular complexity index is 1860. The summed E-state index contributed by atoms with van der Waals surface area (Å²) in [6, 6.07) is 22.9. The molecule has 0 amide bonds. The molecule has 36 heavy (non-hydrogen) atoms. The van der Waals surface area contributed by atoms with Crippen LogP contribution in [0.4, 0.5) is 0 Å². The lowest BCUT2D eigenvalue weighted by atomic mass is 10.1. The van der Waals surface area contributed by atoms with Gasteiger partial charge in [0.15, 0.2) is 5.76 Å². The van der Waals surface area contributed by atoms with E-state index in [0.29, 0.717) is 33.8 Å². The summed E-state index contributed by atoms with van der Waals surface area (Å²) in [6.07, 6.45) is 1.74. The van der Waals surface area contributed by atoms with Gasteiger partial charge in [0.1, 0.15) is 11.3 Å². The second kappa shape index (κ2) is 8.53. The Morgan fingerprint density at radius 2 is 1.78 bits per heavy atom. The molecule has 0 atom stereocenters. The van der Waals surface area contributed by atoms with Crippen LogP contribution in [-0.2, 0) is 6.54 Å². The summed E-state index contributed by atoms with van der Waals surface area (Å²) in [5.74, 6) is 1.44. The molecule has 178 valence electrons. The molecule has 3 aromatic heterocycles. The summed E-state index contributed by atoms with van der Waals surface area (Å²) < 4.78 is 15.2. The third kappa shape index (κ3) is 3.32. The van der Waals surface area contributed by atoms with Gasteiger partial charge in [-0.05, 0) is 50.2 Å². The molecule has 0 N–H and O–H groups in total. The minimum atomic E-state index is -0.267. The van der Waals surface area contributed by atoms with Gasteiger partial charge in [-0.25, -0.2) is 4.98 Å². The van der Waals surface area contributed by atoms with Crippen molar-refractivity contribution in [3.8, 4) is 17.3 Å². The van der Waals surface area contributed by atoms with Crippen LogP contribution in [-0.4, -0.2) is 27.6 Å². The van der Waals surface area contributed by atoms with Gasteiger partial charge in [0, 0.05) is 28.7 Å². The zero-order chi connectivity index (χ0) is 24.8. The fourth-order valence-corrected chi connectivity index (χ4v) is 4.86. The van der Waals surface area contributed by atoms with E-state index in [1.54, 1.807) is 19.4 Å². The number of fused-ring (bicyclic) bond motifs is 3. The number of nitrogens with zero attached hydrogens (tertiary/aromatic N) is 4. The van der Waals surface area contributed by atoms with Gasteiger partial charge in [-0.2, -0.15) is 9.78 Å². The van der Waals surface area contributed by atoms with E-state index in [1.807, 2.05) is 54.6 Å². The molecule has 0 bridgehead atoms. The lowest BCUT2D eigenvalue weighted by Gasteiger charge is -2.07. The highest BCUT2D eigenvalue weighted by Crippen LogP contribution is 2.33. The third-order valence-corrected chi connectivity index (χ3v) is 6.61. The average molecular weight is 477 g/mol. The SMILES string of the molecule is CCn1c(C)c(C=Nn2c(-c3cc4c(OC)cccc4o3)nc3ccccc3c2=O)c2ccccc21. The molecule has 0 saturated heterocycles. The average Bonchev–Trinajstić information content (AvgIpc) is 3.46. The number of aromatic nitrogens is 3. The fourth-order valence-electron chi connectivity index (χ4n) is 4.86. The Balaban J connectivity index is 1.60. The van der Waals surface area contributed by atoms with Crippen LogP contribution in [0.1, 0.15) is 18.2 Å². The number of methoxy groups -OCH3 is 1. The highest BCUT2D eigenvalue weighted by atomic mass is 16.5. The van der Waals surface area contributed by atoms with Crippen LogP contribution in [0.2, 0.25) is 0 Å². The molecule has 0 radical (unpaired) electrons. The maximum atomic E-state index is 13.6. The van der Waals surface area contributed by atoms with Gasteiger partial charge in [-0.3, -0.25) is 4.79 Å². The monoisotopic (exact) mass is 476 g/mol. The first-order valence-electron chi connectivity index (χ1n) is 11.8. The summed E-state index contributed by atoms with van der Waals surface area (Å²) in [5.41, 5.74) is 4.13. The van der Waals surface area contributed by atoms with Gasteiger partial charge in [-0.1, -0.05) is 36.4 Å². The minimum absolute atomic E-state index is 0.267. The van der Waals surface area contributed by atoms with Gasteiger partial charge < -0.3 is 13.7 Å². The largest absolute Gasteiger partial charge is 0.496 e. The van der Waals surface area contributed by atoms with Crippen molar-refractivity contribution in [3.63, 3.8) is 0 Å². The van der Waals surface area contributed by atoms with Gasteiger partial charge in [0.05, 0.1) is 29.6 Å². The quantitative estimate of drug-likeness (QED) is 0.287. The molecule has 0 unspecified atom stereocenters. The van der Waals surface area contributed by atoms with Crippen molar-refractivity contribution < 1.29 is 9.15 Å². The van der Waals surface area contributed by atoms with E-state index in [0.717, 1.165) is 34.1 Å². The van der Waals surface area contributed by atoms with Gasteiger partial charge in [0.25, 0.3) is 5.56 Å². The number of hydrogen-bond donors (Lipinski definition) is 0. The topological polar surface area (TPSA) is 74.6 Å². The standard InChI is InChI=1S/C29H24N4O3/c1-4-32-18(2)22(19-10-6-8-13-24(19)32)17-30-33-28(31-23-12-7-5-11-20(23)29(33)34)27-16-21-25(35-3)14-9-15-26(21)36-27/h5-17H,4H2,1-3H3. The summed E-state index contributed by atoms with van der Waals surface area (Å²) in [5, 5.41) is 7.05. The Labute approximate surface area is 206 Å². The molecule has 0 aliphatic heterocycles. The zero-order valence-electron chi connectivity index (χ0n) is 20.2. The second-order valence-electron chi connectivity index (χ2n) is 8.56. The van der Waals surface area contributed by atoms with Gasteiger partial charge in [-0.15, -0.1) is 0 Å². The molecule has 0 spiro atoms. The number of ether oxygens (including phenoxy) is 1. The predicted molar refractivity (Wildman–Crippen MR) is 143 cm³/mol. The molecule has 3 aromatic carbocycles. The normalized spacial score (nSPS) is 11.9. The Morgan fingerprint density at radius 3 is 2.58 bits per heavy atom. The predicted octanol–water partition coefficient (Wildman–Crippen LogP) is 5.98. The van der Waals surface area contributed by atoms with E-state index in [-0.39, 0.29) is 5.56 Å². The maximum absolute atomic E-state index is 13.6. The Morgan fingerprint density at radius 1 is 1.00 bits per heavy atom. The van der Waals surface area contributed by atoms with Crippen molar-refractivity contribution in [3.05, 3.63) is 94.4 Å². The summed E-state index contributed by atoms with van der Waals surface area (Å²) in [6.45, 7) is 5.02. The molecule has 6 rings (SSSR count). The van der Waals surface area contributed by atoms with Gasteiger partial charge >= 0.3 is 0 Å². The van der Waals surface area contributed by atoms with Crippen molar-refractivity contribution >= 4 is 39.0 Å². The smallest absolute Gasteiger partial charge is 0.282 e. The van der Waals surface area contributed by atoms with Crippen LogP contribution in [0.5, 0.6) is 5.75 Å². The van der Waals surface area contributed by atoms with Crippen LogP contribution in [0.25, 0.3) is 44.4 Å². The number of hydrogen-bond acceptors (Lipinski definition) is 5. The van der Waals surface area contributed by atoms with Crippen LogP contribution in [0.15, 0.2) is 87.1 Å². The first-order valence-corrected chi connectivity index (χ1v) is 11.8. The van der Waals surface area contributed by atoms with Crippen LogP contribution in [0, 0.1) is 6.92 Å². The number of benzene rings is 3. The van der Waals surface area contributed by atoms with E-state index >= 15 is 0 Å². The highest BCUT2D eigenvalue weighted by Gasteiger charge is 2.18. The number of aryl methyl sites for hydroxylation is 1. The molecule has 3 heterocycles.